The Morgan fingerprint density at radius 1 is 1.50 bits per heavy atom. The summed E-state index contributed by atoms with van der Waals surface area (Å²) in [6, 6.07) is 2.09. The van der Waals surface area contributed by atoms with Crippen molar-refractivity contribution in [2.75, 3.05) is 30.4 Å². The maximum atomic E-state index is 9.69. The molecule has 0 spiro atoms. The molecule has 0 amide bonds. The molecule has 2 rings (SSSR count). The Morgan fingerprint density at radius 2 is 2.31 bits per heavy atom. The van der Waals surface area contributed by atoms with Crippen LogP contribution < -0.4 is 10.2 Å². The summed E-state index contributed by atoms with van der Waals surface area (Å²) >= 11 is 0. The number of nitrogens with zero attached hydrogens (tertiary/aromatic N) is 2. The van der Waals surface area contributed by atoms with E-state index < -0.39 is 0 Å². The Kier molecular flexibility index (Phi) is 3.29. The van der Waals surface area contributed by atoms with Crippen molar-refractivity contribution in [3.05, 3.63) is 18.5 Å². The highest BCUT2D eigenvalue weighted by atomic mass is 16.3. The van der Waals surface area contributed by atoms with E-state index in [0.717, 1.165) is 30.9 Å². The largest absolute Gasteiger partial charge is 0.393 e. The third-order valence-corrected chi connectivity index (χ3v) is 3.24. The summed E-state index contributed by atoms with van der Waals surface area (Å²) in [5.74, 6) is 0.326. The van der Waals surface area contributed by atoms with E-state index in [1.54, 1.807) is 0 Å². The third kappa shape index (κ3) is 2.27. The molecule has 2 N–H and O–H groups in total. The second kappa shape index (κ2) is 4.70. The summed E-state index contributed by atoms with van der Waals surface area (Å²) in [6.45, 7) is 3.89. The number of piperidine rings is 1. The molecule has 1 aliphatic rings. The van der Waals surface area contributed by atoms with Crippen molar-refractivity contribution in [2.24, 2.45) is 5.92 Å². The lowest BCUT2D eigenvalue weighted by molar-refractivity contribution is 0.0971. The van der Waals surface area contributed by atoms with Gasteiger partial charge in [-0.3, -0.25) is 4.98 Å². The lowest BCUT2D eigenvalue weighted by Crippen LogP contribution is -2.42. The van der Waals surface area contributed by atoms with Gasteiger partial charge in [-0.1, -0.05) is 6.92 Å². The van der Waals surface area contributed by atoms with E-state index in [9.17, 15) is 5.11 Å². The molecular formula is C12H19N3O. The molecule has 2 atom stereocenters. The van der Waals surface area contributed by atoms with Crippen LogP contribution in [0, 0.1) is 5.92 Å². The van der Waals surface area contributed by atoms with Crippen LogP contribution in [0.5, 0.6) is 0 Å². The van der Waals surface area contributed by atoms with Crippen LogP contribution in [0.3, 0.4) is 0 Å². The molecule has 2 unspecified atom stereocenters. The van der Waals surface area contributed by atoms with Crippen LogP contribution in [0.25, 0.3) is 0 Å². The first-order valence-corrected chi connectivity index (χ1v) is 5.76. The molecule has 0 saturated carbocycles. The SMILES string of the molecule is CNc1cncc(N2CCC(O)C(C)C2)c1. The van der Waals surface area contributed by atoms with Gasteiger partial charge in [0.2, 0.25) is 0 Å². The standard InChI is InChI=1S/C12H19N3O/c1-9-8-15(4-3-12(9)16)11-5-10(13-2)6-14-7-11/h5-7,9,12-13,16H,3-4,8H2,1-2H3. The van der Waals surface area contributed by atoms with Crippen LogP contribution in [0.2, 0.25) is 0 Å². The number of pyridine rings is 1. The molecule has 0 aliphatic carbocycles. The summed E-state index contributed by atoms with van der Waals surface area (Å²) < 4.78 is 0. The highest BCUT2D eigenvalue weighted by Gasteiger charge is 2.24. The van der Waals surface area contributed by atoms with Gasteiger partial charge in [0.1, 0.15) is 0 Å². The molecule has 0 aromatic carbocycles. The first-order valence-electron chi connectivity index (χ1n) is 5.76. The number of aliphatic hydroxyl groups excluding tert-OH is 1. The highest BCUT2D eigenvalue weighted by molar-refractivity contribution is 5.55. The number of aromatic nitrogens is 1. The van der Waals surface area contributed by atoms with E-state index in [-0.39, 0.29) is 6.10 Å². The van der Waals surface area contributed by atoms with Gasteiger partial charge < -0.3 is 15.3 Å². The minimum atomic E-state index is -0.156. The van der Waals surface area contributed by atoms with Crippen molar-refractivity contribution in [2.45, 2.75) is 19.4 Å². The molecule has 1 aliphatic heterocycles. The predicted octanol–water partition coefficient (Wildman–Crippen LogP) is 1.33. The first kappa shape index (κ1) is 11.2. The van der Waals surface area contributed by atoms with Gasteiger partial charge in [0.25, 0.3) is 0 Å². The van der Waals surface area contributed by atoms with Crippen LogP contribution in [0.15, 0.2) is 18.5 Å². The molecule has 1 saturated heterocycles. The van der Waals surface area contributed by atoms with E-state index in [2.05, 4.69) is 28.2 Å². The third-order valence-electron chi connectivity index (χ3n) is 3.24. The molecule has 16 heavy (non-hydrogen) atoms. The van der Waals surface area contributed by atoms with Crippen molar-refractivity contribution in [3.8, 4) is 0 Å². The zero-order valence-corrected chi connectivity index (χ0v) is 9.85. The van der Waals surface area contributed by atoms with E-state index in [1.165, 1.54) is 0 Å². The average Bonchev–Trinajstić information content (AvgIpc) is 2.33. The lowest BCUT2D eigenvalue weighted by atomic mass is 9.96. The van der Waals surface area contributed by atoms with Crippen LogP contribution in [0.1, 0.15) is 13.3 Å². The predicted molar refractivity (Wildman–Crippen MR) is 65.8 cm³/mol. The molecule has 4 nitrogen and oxygen atoms in total. The van der Waals surface area contributed by atoms with Gasteiger partial charge in [0.15, 0.2) is 0 Å². The molecule has 4 heteroatoms. The fraction of sp³-hybridized carbons (Fsp3) is 0.583. The van der Waals surface area contributed by atoms with Gasteiger partial charge in [-0.25, -0.2) is 0 Å². The number of anilines is 2. The maximum Gasteiger partial charge on any atom is 0.0599 e. The molecule has 1 aromatic rings. The summed E-state index contributed by atoms with van der Waals surface area (Å²) in [5, 5.41) is 12.8. The zero-order valence-electron chi connectivity index (χ0n) is 9.85. The van der Waals surface area contributed by atoms with Crippen molar-refractivity contribution in [1.82, 2.24) is 4.98 Å². The highest BCUT2D eigenvalue weighted by Crippen LogP contribution is 2.24. The molecule has 88 valence electrons. The van der Waals surface area contributed by atoms with Crippen molar-refractivity contribution in [3.63, 3.8) is 0 Å². The average molecular weight is 221 g/mol. The van der Waals surface area contributed by atoms with Crippen molar-refractivity contribution < 1.29 is 5.11 Å². The lowest BCUT2D eigenvalue weighted by Gasteiger charge is -2.35. The number of hydrogen-bond donors (Lipinski definition) is 2. The van der Waals surface area contributed by atoms with Crippen LogP contribution in [0.4, 0.5) is 11.4 Å². The fourth-order valence-electron chi connectivity index (χ4n) is 2.11. The van der Waals surface area contributed by atoms with Crippen molar-refractivity contribution in [1.29, 1.82) is 0 Å². The Hall–Kier alpha value is -1.29. The Morgan fingerprint density at radius 3 is 3.00 bits per heavy atom. The molecule has 0 bridgehead atoms. The molecule has 1 aromatic heterocycles. The van der Waals surface area contributed by atoms with E-state index in [0.29, 0.717) is 5.92 Å². The maximum absolute atomic E-state index is 9.69. The van der Waals surface area contributed by atoms with Crippen LogP contribution in [-0.4, -0.2) is 36.3 Å². The normalized spacial score (nSPS) is 25.6. The molecular weight excluding hydrogens is 202 g/mol. The van der Waals surface area contributed by atoms with E-state index in [1.807, 2.05) is 19.4 Å². The van der Waals surface area contributed by atoms with E-state index in [4.69, 9.17) is 0 Å². The van der Waals surface area contributed by atoms with Crippen LogP contribution in [-0.2, 0) is 0 Å². The van der Waals surface area contributed by atoms with Gasteiger partial charge in [-0.05, 0) is 18.4 Å². The first-order chi connectivity index (χ1) is 7.70. The summed E-state index contributed by atoms with van der Waals surface area (Å²) in [4.78, 5) is 6.49. The minimum Gasteiger partial charge on any atom is -0.393 e. The Bertz CT molecular complexity index is 356. The summed E-state index contributed by atoms with van der Waals surface area (Å²) in [6.07, 6.45) is 4.37. The number of rotatable bonds is 2. The number of hydrogen-bond acceptors (Lipinski definition) is 4. The number of aliphatic hydroxyl groups is 1. The van der Waals surface area contributed by atoms with Gasteiger partial charge in [0, 0.05) is 20.1 Å². The molecule has 2 heterocycles. The second-order valence-electron chi connectivity index (χ2n) is 4.46. The fourth-order valence-corrected chi connectivity index (χ4v) is 2.11. The minimum absolute atomic E-state index is 0.156. The Balaban J connectivity index is 2.12. The summed E-state index contributed by atoms with van der Waals surface area (Å²) in [5.41, 5.74) is 2.15. The Labute approximate surface area is 96.3 Å². The second-order valence-corrected chi connectivity index (χ2v) is 4.46. The molecule has 1 fully saturated rings. The number of nitrogens with one attached hydrogen (secondary N) is 1. The quantitative estimate of drug-likeness (QED) is 0.791. The van der Waals surface area contributed by atoms with Crippen molar-refractivity contribution >= 4 is 11.4 Å². The summed E-state index contributed by atoms with van der Waals surface area (Å²) in [7, 11) is 1.89. The monoisotopic (exact) mass is 221 g/mol. The molecule has 0 radical (unpaired) electrons. The topological polar surface area (TPSA) is 48.4 Å². The van der Waals surface area contributed by atoms with E-state index >= 15 is 0 Å². The van der Waals surface area contributed by atoms with Gasteiger partial charge in [-0.2, -0.15) is 0 Å². The van der Waals surface area contributed by atoms with Gasteiger partial charge in [0.05, 0.1) is 29.9 Å². The smallest absolute Gasteiger partial charge is 0.0599 e. The zero-order chi connectivity index (χ0) is 11.5. The van der Waals surface area contributed by atoms with Gasteiger partial charge in [-0.15, -0.1) is 0 Å². The van der Waals surface area contributed by atoms with Gasteiger partial charge >= 0.3 is 0 Å². The van der Waals surface area contributed by atoms with Crippen LogP contribution >= 0.6 is 0 Å².